The highest BCUT2D eigenvalue weighted by Crippen LogP contribution is 2.22. The third-order valence-electron chi connectivity index (χ3n) is 3.39. The van der Waals surface area contributed by atoms with Crippen molar-refractivity contribution in [1.82, 2.24) is 9.78 Å². The van der Waals surface area contributed by atoms with Gasteiger partial charge in [-0.1, -0.05) is 23.7 Å². The Morgan fingerprint density at radius 2 is 2.17 bits per heavy atom. The lowest BCUT2D eigenvalue weighted by Crippen LogP contribution is -2.13. The van der Waals surface area contributed by atoms with Gasteiger partial charge in [-0.3, -0.25) is 14.3 Å². The van der Waals surface area contributed by atoms with E-state index in [2.05, 4.69) is 10.4 Å². The Morgan fingerprint density at radius 1 is 1.42 bits per heavy atom. The number of nitrogens with one attached hydrogen (secondary N) is 1. The number of rotatable bonds is 7. The van der Waals surface area contributed by atoms with Gasteiger partial charge >= 0.3 is 5.97 Å². The average molecular weight is 368 g/mol. The van der Waals surface area contributed by atoms with Crippen LogP contribution in [0.2, 0.25) is 5.02 Å². The third-order valence-corrected chi connectivity index (χ3v) is 4.87. The van der Waals surface area contributed by atoms with Crippen LogP contribution >= 0.6 is 23.4 Å². The first-order valence-electron chi connectivity index (χ1n) is 7.27. The first-order valence-corrected chi connectivity index (χ1v) is 8.80. The fourth-order valence-corrected chi connectivity index (χ4v) is 3.13. The second-order valence-corrected chi connectivity index (χ2v) is 6.71. The molecule has 0 aliphatic carbocycles. The van der Waals surface area contributed by atoms with E-state index < -0.39 is 5.97 Å². The summed E-state index contributed by atoms with van der Waals surface area (Å²) in [6.07, 6.45) is 0.138. The van der Waals surface area contributed by atoms with Gasteiger partial charge in [0.05, 0.1) is 17.1 Å². The van der Waals surface area contributed by atoms with Crippen molar-refractivity contribution >= 4 is 40.9 Å². The second kappa shape index (κ2) is 8.21. The molecule has 128 valence electrons. The van der Waals surface area contributed by atoms with Crippen molar-refractivity contribution in [3.05, 3.63) is 46.2 Å². The van der Waals surface area contributed by atoms with Crippen molar-refractivity contribution in [2.45, 2.75) is 19.1 Å². The van der Waals surface area contributed by atoms with E-state index in [0.29, 0.717) is 22.2 Å². The van der Waals surface area contributed by atoms with Gasteiger partial charge in [-0.2, -0.15) is 16.9 Å². The number of aryl methyl sites for hydroxylation is 1. The van der Waals surface area contributed by atoms with Crippen molar-refractivity contribution in [1.29, 1.82) is 0 Å². The molecule has 6 nitrogen and oxygen atoms in total. The summed E-state index contributed by atoms with van der Waals surface area (Å²) >= 11 is 7.66. The fraction of sp³-hybridized carbons (Fsp3) is 0.312. The van der Waals surface area contributed by atoms with Gasteiger partial charge in [0.25, 0.3) is 5.91 Å². The standard InChI is InChI=1S/C16H18ClN3O3S/c1-10-14(17)15(19-20(10)2)16(23)18-12-5-3-4-11(8-12)9-24-7-6-13(21)22/h3-5,8H,6-7,9H2,1-2H3,(H,18,23)(H,21,22). The molecule has 0 unspecified atom stereocenters. The SMILES string of the molecule is Cc1c(Cl)c(C(=O)Nc2cccc(CSCCC(=O)O)c2)nn1C. The minimum atomic E-state index is -0.800. The number of nitrogens with zero attached hydrogens (tertiary/aromatic N) is 2. The molecule has 2 aromatic rings. The van der Waals surface area contributed by atoms with E-state index in [1.807, 2.05) is 18.2 Å². The van der Waals surface area contributed by atoms with E-state index in [4.69, 9.17) is 16.7 Å². The Balaban J connectivity index is 1.99. The molecule has 1 aromatic heterocycles. The van der Waals surface area contributed by atoms with Crippen molar-refractivity contribution < 1.29 is 14.7 Å². The Kier molecular flexibility index (Phi) is 6.28. The Bertz CT molecular complexity index is 761. The molecule has 0 aliphatic heterocycles. The molecule has 0 aliphatic rings. The molecule has 1 amide bonds. The zero-order valence-electron chi connectivity index (χ0n) is 13.4. The van der Waals surface area contributed by atoms with Gasteiger partial charge in [0.15, 0.2) is 5.69 Å². The molecule has 0 spiro atoms. The number of hydrogen-bond donors (Lipinski definition) is 2. The van der Waals surface area contributed by atoms with Crippen LogP contribution in [-0.2, 0) is 17.6 Å². The molecule has 0 radical (unpaired) electrons. The highest BCUT2D eigenvalue weighted by molar-refractivity contribution is 7.98. The van der Waals surface area contributed by atoms with Gasteiger partial charge < -0.3 is 10.4 Å². The predicted molar refractivity (Wildman–Crippen MR) is 95.8 cm³/mol. The first kappa shape index (κ1) is 18.4. The summed E-state index contributed by atoms with van der Waals surface area (Å²) in [5.41, 5.74) is 2.57. The number of aromatic nitrogens is 2. The van der Waals surface area contributed by atoms with Gasteiger partial charge in [0.2, 0.25) is 0 Å². The summed E-state index contributed by atoms with van der Waals surface area (Å²) in [6.45, 7) is 1.79. The van der Waals surface area contributed by atoms with Crippen LogP contribution in [0, 0.1) is 6.92 Å². The summed E-state index contributed by atoms with van der Waals surface area (Å²) in [7, 11) is 1.73. The van der Waals surface area contributed by atoms with Crippen LogP contribution in [0.5, 0.6) is 0 Å². The highest BCUT2D eigenvalue weighted by Gasteiger charge is 2.18. The van der Waals surface area contributed by atoms with Crippen molar-refractivity contribution in [3.63, 3.8) is 0 Å². The first-order chi connectivity index (χ1) is 11.4. The number of anilines is 1. The van der Waals surface area contributed by atoms with E-state index >= 15 is 0 Å². The van der Waals surface area contributed by atoms with Gasteiger partial charge in [-0.05, 0) is 24.6 Å². The third kappa shape index (κ3) is 4.75. The number of carbonyl (C=O) groups excluding carboxylic acids is 1. The molecule has 0 saturated carbocycles. The molecule has 0 fully saturated rings. The Labute approximate surface area is 149 Å². The van der Waals surface area contributed by atoms with Gasteiger partial charge in [-0.15, -0.1) is 0 Å². The van der Waals surface area contributed by atoms with E-state index in [0.717, 1.165) is 11.3 Å². The average Bonchev–Trinajstić information content (AvgIpc) is 2.79. The van der Waals surface area contributed by atoms with Crippen LogP contribution < -0.4 is 5.32 Å². The Hall–Kier alpha value is -1.99. The van der Waals surface area contributed by atoms with E-state index in [1.165, 1.54) is 11.8 Å². The van der Waals surface area contributed by atoms with Gasteiger partial charge in [0, 0.05) is 24.2 Å². The van der Waals surface area contributed by atoms with Crippen LogP contribution in [0.15, 0.2) is 24.3 Å². The molecular weight excluding hydrogens is 350 g/mol. The second-order valence-electron chi connectivity index (χ2n) is 5.22. The number of hydrogen-bond acceptors (Lipinski definition) is 4. The molecule has 0 bridgehead atoms. The number of thioether (sulfide) groups is 1. The van der Waals surface area contributed by atoms with Crippen LogP contribution in [0.4, 0.5) is 5.69 Å². The minimum Gasteiger partial charge on any atom is -0.481 e. The Morgan fingerprint density at radius 3 is 2.79 bits per heavy atom. The zero-order chi connectivity index (χ0) is 17.7. The number of carboxylic acid groups (broad SMARTS) is 1. The topological polar surface area (TPSA) is 84.2 Å². The number of carbonyl (C=O) groups is 2. The van der Waals surface area contributed by atoms with Crippen LogP contribution in [0.1, 0.15) is 28.2 Å². The van der Waals surface area contributed by atoms with Crippen molar-refractivity contribution in [3.8, 4) is 0 Å². The fourth-order valence-electron chi connectivity index (χ4n) is 2.01. The smallest absolute Gasteiger partial charge is 0.304 e. The largest absolute Gasteiger partial charge is 0.481 e. The summed E-state index contributed by atoms with van der Waals surface area (Å²) < 4.78 is 1.56. The maximum absolute atomic E-state index is 12.3. The molecule has 1 aromatic carbocycles. The predicted octanol–water partition coefficient (Wildman–Crippen LogP) is 3.34. The summed E-state index contributed by atoms with van der Waals surface area (Å²) in [4.78, 5) is 22.8. The lowest BCUT2D eigenvalue weighted by molar-refractivity contribution is -0.136. The van der Waals surface area contributed by atoms with E-state index in [-0.39, 0.29) is 18.0 Å². The van der Waals surface area contributed by atoms with Crippen molar-refractivity contribution in [2.24, 2.45) is 7.05 Å². The van der Waals surface area contributed by atoms with Gasteiger partial charge in [0.1, 0.15) is 0 Å². The molecule has 2 rings (SSSR count). The molecule has 0 saturated heterocycles. The molecule has 24 heavy (non-hydrogen) atoms. The number of carboxylic acids is 1. The molecule has 1 heterocycles. The van der Waals surface area contributed by atoms with Crippen LogP contribution in [0.25, 0.3) is 0 Å². The quantitative estimate of drug-likeness (QED) is 0.733. The van der Waals surface area contributed by atoms with Crippen LogP contribution in [0.3, 0.4) is 0 Å². The van der Waals surface area contributed by atoms with E-state index in [9.17, 15) is 9.59 Å². The lowest BCUT2D eigenvalue weighted by Gasteiger charge is -2.06. The maximum Gasteiger partial charge on any atom is 0.304 e. The lowest BCUT2D eigenvalue weighted by atomic mass is 10.2. The summed E-state index contributed by atoms with van der Waals surface area (Å²) in [5.74, 6) is 0.0697. The summed E-state index contributed by atoms with van der Waals surface area (Å²) in [6, 6.07) is 7.41. The normalized spacial score (nSPS) is 10.6. The van der Waals surface area contributed by atoms with Gasteiger partial charge in [-0.25, -0.2) is 0 Å². The number of amides is 1. The maximum atomic E-state index is 12.3. The minimum absolute atomic E-state index is 0.138. The zero-order valence-corrected chi connectivity index (χ0v) is 14.9. The molecule has 0 atom stereocenters. The van der Waals surface area contributed by atoms with Crippen LogP contribution in [-0.4, -0.2) is 32.5 Å². The molecule has 8 heteroatoms. The molecular formula is C16H18ClN3O3S. The number of aliphatic carboxylic acids is 1. The highest BCUT2D eigenvalue weighted by atomic mass is 35.5. The monoisotopic (exact) mass is 367 g/mol. The number of halogens is 1. The van der Waals surface area contributed by atoms with Crippen molar-refractivity contribution in [2.75, 3.05) is 11.1 Å². The van der Waals surface area contributed by atoms with E-state index in [1.54, 1.807) is 24.7 Å². The number of benzene rings is 1. The molecule has 2 N–H and O–H groups in total. The summed E-state index contributed by atoms with van der Waals surface area (Å²) in [5, 5.41) is 15.9.